The summed E-state index contributed by atoms with van der Waals surface area (Å²) >= 11 is 0. The Labute approximate surface area is 210 Å². The van der Waals surface area contributed by atoms with Crippen LogP contribution in [0, 0.1) is 10.8 Å². The van der Waals surface area contributed by atoms with Gasteiger partial charge in [-0.15, -0.1) is 0 Å². The fourth-order valence-electron chi connectivity index (χ4n) is 4.16. The molecule has 1 saturated heterocycles. The standard InChI is InChI=1S/C26H33N5O5/c1-26(2,3)21(14-32)30-23(33)16-8-11-19(18(13-16)25(35)36)31-12-4-5-20(31)24(34)29-17-9-6-15(7-10-17)22(27)28/h6-11,13,20-21,32H,4-5,12,14H2,1-3H3,(H3,27,28)(H,29,34)(H,30,33)(H,35,36)/t20-,21+/m0/s1. The van der Waals surface area contributed by atoms with Crippen molar-refractivity contribution in [2.24, 2.45) is 11.1 Å². The molecular formula is C26H33N5O5. The van der Waals surface area contributed by atoms with Crippen LogP contribution in [-0.4, -0.2) is 59.1 Å². The van der Waals surface area contributed by atoms with Crippen molar-refractivity contribution >= 4 is 35.0 Å². The van der Waals surface area contributed by atoms with E-state index < -0.39 is 24.0 Å². The summed E-state index contributed by atoms with van der Waals surface area (Å²) in [6.07, 6.45) is 1.24. The van der Waals surface area contributed by atoms with E-state index in [9.17, 15) is 24.6 Å². The topological polar surface area (TPSA) is 169 Å². The Bertz CT molecular complexity index is 1160. The Hall–Kier alpha value is -3.92. The van der Waals surface area contributed by atoms with Crippen LogP contribution >= 0.6 is 0 Å². The molecule has 1 heterocycles. The average Bonchev–Trinajstić information content (AvgIpc) is 3.31. The number of nitrogen functional groups attached to an aromatic ring is 1. The minimum absolute atomic E-state index is 0.0709. The number of amidine groups is 1. The maximum absolute atomic E-state index is 13.1. The van der Waals surface area contributed by atoms with Crippen LogP contribution in [0.2, 0.25) is 0 Å². The number of nitrogens with one attached hydrogen (secondary N) is 3. The Kier molecular flexibility index (Phi) is 7.99. The average molecular weight is 496 g/mol. The molecule has 0 aromatic heterocycles. The van der Waals surface area contributed by atoms with Crippen molar-refractivity contribution in [1.29, 1.82) is 5.41 Å². The van der Waals surface area contributed by atoms with Gasteiger partial charge in [-0.1, -0.05) is 20.8 Å². The SMILES string of the molecule is CC(C)(C)[C@@H](CO)NC(=O)c1ccc(N2CCC[C@H]2C(=O)Nc2ccc(C(=N)N)cc2)c(C(=O)O)c1. The monoisotopic (exact) mass is 495 g/mol. The van der Waals surface area contributed by atoms with Gasteiger partial charge in [-0.25, -0.2) is 4.79 Å². The summed E-state index contributed by atoms with van der Waals surface area (Å²) in [5, 5.41) is 32.6. The number of rotatable bonds is 8. The number of nitrogens with two attached hydrogens (primary N) is 1. The third kappa shape index (κ3) is 6.01. The first kappa shape index (κ1) is 26.7. The van der Waals surface area contributed by atoms with Crippen LogP contribution in [0.15, 0.2) is 42.5 Å². The van der Waals surface area contributed by atoms with Gasteiger partial charge in [0.1, 0.15) is 11.9 Å². The van der Waals surface area contributed by atoms with Gasteiger partial charge in [0.2, 0.25) is 5.91 Å². The highest BCUT2D eigenvalue weighted by atomic mass is 16.4. The van der Waals surface area contributed by atoms with Crippen LogP contribution in [-0.2, 0) is 4.79 Å². The molecule has 0 unspecified atom stereocenters. The van der Waals surface area contributed by atoms with Gasteiger partial charge in [0.05, 0.1) is 23.9 Å². The van der Waals surface area contributed by atoms with E-state index in [-0.39, 0.29) is 34.9 Å². The summed E-state index contributed by atoms with van der Waals surface area (Å²) in [6.45, 7) is 5.90. The highest BCUT2D eigenvalue weighted by Gasteiger charge is 2.34. The summed E-state index contributed by atoms with van der Waals surface area (Å²) in [7, 11) is 0. The number of nitrogens with zero attached hydrogens (tertiary/aromatic N) is 1. The van der Waals surface area contributed by atoms with Gasteiger partial charge in [-0.3, -0.25) is 15.0 Å². The third-order valence-electron chi connectivity index (χ3n) is 6.35. The van der Waals surface area contributed by atoms with E-state index >= 15 is 0 Å². The number of carboxylic acids is 1. The van der Waals surface area contributed by atoms with Crippen LogP contribution < -0.4 is 21.3 Å². The molecule has 0 radical (unpaired) electrons. The summed E-state index contributed by atoms with van der Waals surface area (Å²) < 4.78 is 0. The number of aliphatic hydroxyl groups is 1. The highest BCUT2D eigenvalue weighted by molar-refractivity contribution is 6.03. The lowest BCUT2D eigenvalue weighted by molar-refractivity contribution is -0.117. The van der Waals surface area contributed by atoms with Crippen LogP contribution in [0.25, 0.3) is 0 Å². The Morgan fingerprint density at radius 2 is 1.78 bits per heavy atom. The predicted molar refractivity (Wildman–Crippen MR) is 138 cm³/mol. The summed E-state index contributed by atoms with van der Waals surface area (Å²) in [5.74, 6) is -2.04. The second kappa shape index (κ2) is 10.8. The number of hydrogen-bond donors (Lipinski definition) is 6. The fraction of sp³-hybridized carbons (Fsp3) is 0.385. The van der Waals surface area contributed by atoms with Gasteiger partial charge in [0, 0.05) is 23.4 Å². The number of hydrogen-bond acceptors (Lipinski definition) is 6. The fourth-order valence-corrected chi connectivity index (χ4v) is 4.16. The molecule has 0 spiro atoms. The number of carbonyl (C=O) groups is 3. The molecule has 1 aliphatic rings. The summed E-state index contributed by atoms with van der Waals surface area (Å²) in [5.41, 5.74) is 6.60. The van der Waals surface area contributed by atoms with Crippen molar-refractivity contribution in [3.05, 3.63) is 59.2 Å². The Morgan fingerprint density at radius 3 is 2.33 bits per heavy atom. The lowest BCUT2D eigenvalue weighted by Crippen LogP contribution is -2.46. The van der Waals surface area contributed by atoms with Crippen molar-refractivity contribution in [2.45, 2.75) is 45.7 Å². The van der Waals surface area contributed by atoms with Crippen LogP contribution in [0.4, 0.5) is 11.4 Å². The molecule has 2 atom stereocenters. The molecule has 3 rings (SSSR count). The van der Waals surface area contributed by atoms with Gasteiger partial charge >= 0.3 is 5.97 Å². The molecule has 7 N–H and O–H groups in total. The summed E-state index contributed by atoms with van der Waals surface area (Å²) in [6, 6.07) is 9.87. The van der Waals surface area contributed by atoms with Gasteiger partial charge in [0.25, 0.3) is 5.91 Å². The van der Waals surface area contributed by atoms with Crippen molar-refractivity contribution in [2.75, 3.05) is 23.4 Å². The number of anilines is 2. The second-order valence-corrected chi connectivity index (χ2v) is 9.94. The molecule has 1 aliphatic heterocycles. The first-order valence-corrected chi connectivity index (χ1v) is 11.7. The number of carbonyl (C=O) groups excluding carboxylic acids is 2. The van der Waals surface area contributed by atoms with E-state index in [0.717, 1.165) is 0 Å². The maximum atomic E-state index is 13.1. The van der Waals surface area contributed by atoms with E-state index in [1.54, 1.807) is 35.2 Å². The molecule has 10 heteroatoms. The molecule has 0 aliphatic carbocycles. The number of carboxylic acid groups (broad SMARTS) is 1. The van der Waals surface area contributed by atoms with E-state index in [0.29, 0.717) is 36.3 Å². The van der Waals surface area contributed by atoms with Crippen molar-refractivity contribution < 1.29 is 24.6 Å². The third-order valence-corrected chi connectivity index (χ3v) is 6.35. The smallest absolute Gasteiger partial charge is 0.337 e. The van der Waals surface area contributed by atoms with E-state index in [4.69, 9.17) is 11.1 Å². The van der Waals surface area contributed by atoms with E-state index in [2.05, 4.69) is 10.6 Å². The molecule has 0 saturated carbocycles. The molecule has 192 valence electrons. The largest absolute Gasteiger partial charge is 0.478 e. The lowest BCUT2D eigenvalue weighted by Gasteiger charge is -2.30. The molecule has 0 bridgehead atoms. The molecule has 10 nitrogen and oxygen atoms in total. The minimum Gasteiger partial charge on any atom is -0.478 e. The maximum Gasteiger partial charge on any atom is 0.337 e. The zero-order chi connectivity index (χ0) is 26.6. The normalized spacial score (nSPS) is 16.3. The van der Waals surface area contributed by atoms with Crippen LogP contribution in [0.1, 0.15) is 59.9 Å². The Balaban J connectivity index is 1.82. The number of aromatic carboxylic acids is 1. The van der Waals surface area contributed by atoms with Crippen LogP contribution in [0.5, 0.6) is 0 Å². The first-order valence-electron chi connectivity index (χ1n) is 11.7. The first-order chi connectivity index (χ1) is 16.9. The van der Waals surface area contributed by atoms with Gasteiger partial charge in [0.15, 0.2) is 0 Å². The van der Waals surface area contributed by atoms with Crippen molar-refractivity contribution in [1.82, 2.24) is 5.32 Å². The van der Waals surface area contributed by atoms with E-state index in [1.807, 2.05) is 20.8 Å². The van der Waals surface area contributed by atoms with Crippen molar-refractivity contribution in [3.63, 3.8) is 0 Å². The van der Waals surface area contributed by atoms with Gasteiger partial charge in [-0.05, 0) is 60.7 Å². The zero-order valence-corrected chi connectivity index (χ0v) is 20.7. The molecular weight excluding hydrogens is 462 g/mol. The zero-order valence-electron chi connectivity index (χ0n) is 20.7. The second-order valence-electron chi connectivity index (χ2n) is 9.94. The minimum atomic E-state index is -1.21. The molecule has 2 amide bonds. The van der Waals surface area contributed by atoms with Gasteiger partial charge in [-0.2, -0.15) is 0 Å². The number of benzene rings is 2. The predicted octanol–water partition coefficient (Wildman–Crippen LogP) is 2.41. The quantitative estimate of drug-likeness (QED) is 0.241. The highest BCUT2D eigenvalue weighted by Crippen LogP contribution is 2.31. The number of aliphatic hydroxyl groups excluding tert-OH is 1. The van der Waals surface area contributed by atoms with E-state index in [1.165, 1.54) is 12.1 Å². The molecule has 36 heavy (non-hydrogen) atoms. The van der Waals surface area contributed by atoms with Gasteiger partial charge < -0.3 is 31.5 Å². The molecule has 2 aromatic rings. The molecule has 1 fully saturated rings. The summed E-state index contributed by atoms with van der Waals surface area (Å²) in [4.78, 5) is 39.7. The Morgan fingerprint density at radius 1 is 1.14 bits per heavy atom. The molecule has 2 aromatic carbocycles. The van der Waals surface area contributed by atoms with Crippen molar-refractivity contribution in [3.8, 4) is 0 Å². The van der Waals surface area contributed by atoms with Crippen LogP contribution in [0.3, 0.4) is 0 Å². The number of amides is 2. The lowest BCUT2D eigenvalue weighted by atomic mass is 9.87.